The first kappa shape index (κ1) is 12.3. The second-order valence-corrected chi connectivity index (χ2v) is 4.65. The van der Waals surface area contributed by atoms with Gasteiger partial charge in [0.2, 0.25) is 0 Å². The fraction of sp³-hybridized carbons (Fsp3) is 0.417. The molecule has 92 valence electrons. The number of hydrogen-bond donors (Lipinski definition) is 1. The fourth-order valence-corrected chi connectivity index (χ4v) is 2.31. The van der Waals surface area contributed by atoms with Crippen molar-refractivity contribution in [3.05, 3.63) is 34.6 Å². The van der Waals surface area contributed by atoms with Gasteiger partial charge in [0.25, 0.3) is 5.91 Å². The Labute approximate surface area is 104 Å². The highest BCUT2D eigenvalue weighted by molar-refractivity contribution is 6.33. The maximum atomic E-state index is 13.6. The summed E-state index contributed by atoms with van der Waals surface area (Å²) in [4.78, 5) is 13.7. The van der Waals surface area contributed by atoms with E-state index in [0.717, 1.165) is 6.42 Å². The van der Waals surface area contributed by atoms with Gasteiger partial charge >= 0.3 is 0 Å². The van der Waals surface area contributed by atoms with E-state index in [-0.39, 0.29) is 16.5 Å². The minimum absolute atomic E-state index is 0.0353. The van der Waals surface area contributed by atoms with Crippen molar-refractivity contribution in [2.24, 2.45) is 11.7 Å². The molecular formula is C12H14ClFN2O. The van der Waals surface area contributed by atoms with Crippen molar-refractivity contribution in [2.75, 3.05) is 19.6 Å². The normalized spacial score (nSPS) is 19.7. The molecule has 1 aromatic rings. The van der Waals surface area contributed by atoms with Crippen molar-refractivity contribution in [3.63, 3.8) is 0 Å². The first-order chi connectivity index (χ1) is 8.13. The van der Waals surface area contributed by atoms with Gasteiger partial charge in [-0.15, -0.1) is 0 Å². The lowest BCUT2D eigenvalue weighted by Gasteiger charge is -2.17. The van der Waals surface area contributed by atoms with Crippen molar-refractivity contribution < 1.29 is 9.18 Å². The molecule has 0 aliphatic carbocycles. The molecule has 3 nitrogen and oxygen atoms in total. The second-order valence-electron chi connectivity index (χ2n) is 4.24. The van der Waals surface area contributed by atoms with Crippen molar-refractivity contribution >= 4 is 17.5 Å². The largest absolute Gasteiger partial charge is 0.338 e. The van der Waals surface area contributed by atoms with Crippen LogP contribution in [-0.4, -0.2) is 30.4 Å². The van der Waals surface area contributed by atoms with E-state index in [9.17, 15) is 9.18 Å². The molecule has 5 heteroatoms. The molecule has 17 heavy (non-hydrogen) atoms. The molecule has 0 saturated carbocycles. The van der Waals surface area contributed by atoms with E-state index in [0.29, 0.717) is 25.6 Å². The Morgan fingerprint density at radius 2 is 2.35 bits per heavy atom. The number of benzene rings is 1. The molecule has 1 atom stereocenters. The molecule has 1 heterocycles. The summed E-state index contributed by atoms with van der Waals surface area (Å²) < 4.78 is 13.6. The van der Waals surface area contributed by atoms with Crippen molar-refractivity contribution in [3.8, 4) is 0 Å². The minimum atomic E-state index is -0.571. The van der Waals surface area contributed by atoms with E-state index >= 15 is 0 Å². The van der Waals surface area contributed by atoms with Gasteiger partial charge in [0, 0.05) is 13.1 Å². The van der Waals surface area contributed by atoms with Gasteiger partial charge in [-0.25, -0.2) is 4.39 Å². The lowest BCUT2D eigenvalue weighted by Crippen LogP contribution is -2.30. The highest BCUT2D eigenvalue weighted by Crippen LogP contribution is 2.24. The van der Waals surface area contributed by atoms with E-state index in [1.807, 2.05) is 0 Å². The summed E-state index contributed by atoms with van der Waals surface area (Å²) in [6.45, 7) is 1.75. The van der Waals surface area contributed by atoms with Crippen LogP contribution in [0.4, 0.5) is 4.39 Å². The zero-order chi connectivity index (χ0) is 12.4. The monoisotopic (exact) mass is 256 g/mol. The molecule has 1 fully saturated rings. The van der Waals surface area contributed by atoms with Crippen LogP contribution < -0.4 is 5.73 Å². The van der Waals surface area contributed by atoms with Gasteiger partial charge in [0.1, 0.15) is 5.82 Å². The number of carbonyl (C=O) groups is 1. The Morgan fingerprint density at radius 3 is 2.94 bits per heavy atom. The molecule has 1 saturated heterocycles. The zero-order valence-electron chi connectivity index (χ0n) is 9.33. The highest BCUT2D eigenvalue weighted by atomic mass is 35.5. The number of carbonyl (C=O) groups excluding carboxylic acids is 1. The van der Waals surface area contributed by atoms with Crippen LogP contribution in [0.25, 0.3) is 0 Å². The predicted molar refractivity (Wildman–Crippen MR) is 64.5 cm³/mol. The maximum Gasteiger partial charge on any atom is 0.258 e. The Kier molecular flexibility index (Phi) is 3.64. The Morgan fingerprint density at radius 1 is 1.59 bits per heavy atom. The van der Waals surface area contributed by atoms with Crippen LogP contribution in [0.1, 0.15) is 16.8 Å². The highest BCUT2D eigenvalue weighted by Gasteiger charge is 2.28. The summed E-state index contributed by atoms with van der Waals surface area (Å²) in [6, 6.07) is 4.26. The van der Waals surface area contributed by atoms with Crippen LogP contribution in [0, 0.1) is 11.7 Å². The minimum Gasteiger partial charge on any atom is -0.338 e. The van der Waals surface area contributed by atoms with Crippen LogP contribution in [0.15, 0.2) is 18.2 Å². The molecule has 1 unspecified atom stereocenters. The van der Waals surface area contributed by atoms with Gasteiger partial charge in [-0.05, 0) is 31.0 Å². The van der Waals surface area contributed by atoms with Gasteiger partial charge in [-0.3, -0.25) is 4.79 Å². The molecular weight excluding hydrogens is 243 g/mol. The molecule has 2 N–H and O–H groups in total. The number of halogens is 2. The van der Waals surface area contributed by atoms with Crippen molar-refractivity contribution in [2.45, 2.75) is 6.42 Å². The third kappa shape index (κ3) is 2.42. The van der Waals surface area contributed by atoms with E-state index in [4.69, 9.17) is 17.3 Å². The number of likely N-dealkylation sites (tertiary alicyclic amines) is 1. The number of rotatable bonds is 2. The molecule has 0 radical (unpaired) electrons. The van der Waals surface area contributed by atoms with E-state index in [1.165, 1.54) is 18.2 Å². The predicted octanol–water partition coefficient (Wildman–Crippen LogP) is 1.90. The molecule has 2 rings (SSSR count). The zero-order valence-corrected chi connectivity index (χ0v) is 10.1. The number of nitrogens with two attached hydrogens (primary N) is 1. The first-order valence-electron chi connectivity index (χ1n) is 5.57. The molecule has 1 aliphatic heterocycles. The summed E-state index contributed by atoms with van der Waals surface area (Å²) in [5, 5.41) is 0.159. The number of nitrogens with zero attached hydrogens (tertiary/aromatic N) is 1. The molecule has 0 aromatic heterocycles. The van der Waals surface area contributed by atoms with Crippen LogP contribution >= 0.6 is 11.6 Å². The van der Waals surface area contributed by atoms with Gasteiger partial charge < -0.3 is 10.6 Å². The SMILES string of the molecule is NCC1CCN(C(=O)c2c(F)cccc2Cl)C1. The van der Waals surface area contributed by atoms with Gasteiger partial charge in [-0.1, -0.05) is 17.7 Å². The lowest BCUT2D eigenvalue weighted by molar-refractivity contribution is 0.0783. The van der Waals surface area contributed by atoms with E-state index in [1.54, 1.807) is 4.90 Å². The van der Waals surface area contributed by atoms with Crippen LogP contribution in [0.5, 0.6) is 0 Å². The first-order valence-corrected chi connectivity index (χ1v) is 5.94. The molecule has 0 spiro atoms. The quantitative estimate of drug-likeness (QED) is 0.879. The lowest BCUT2D eigenvalue weighted by atomic mass is 10.1. The Bertz CT molecular complexity index is 418. The summed E-state index contributed by atoms with van der Waals surface area (Å²) >= 11 is 5.86. The molecule has 1 amide bonds. The third-order valence-corrected chi connectivity index (χ3v) is 3.40. The van der Waals surface area contributed by atoms with Crippen LogP contribution in [-0.2, 0) is 0 Å². The Balaban J connectivity index is 2.21. The van der Waals surface area contributed by atoms with Crippen molar-refractivity contribution in [1.82, 2.24) is 4.90 Å². The smallest absolute Gasteiger partial charge is 0.258 e. The van der Waals surface area contributed by atoms with E-state index in [2.05, 4.69) is 0 Å². The summed E-state index contributed by atoms with van der Waals surface area (Å²) in [5.74, 6) is -0.604. The van der Waals surface area contributed by atoms with Crippen LogP contribution in [0.2, 0.25) is 5.02 Å². The molecule has 1 aliphatic rings. The van der Waals surface area contributed by atoms with E-state index < -0.39 is 5.82 Å². The maximum absolute atomic E-state index is 13.6. The third-order valence-electron chi connectivity index (χ3n) is 3.08. The molecule has 1 aromatic carbocycles. The summed E-state index contributed by atoms with van der Waals surface area (Å²) in [6.07, 6.45) is 0.869. The fourth-order valence-electron chi connectivity index (χ4n) is 2.07. The van der Waals surface area contributed by atoms with Crippen LogP contribution in [0.3, 0.4) is 0 Å². The average molecular weight is 257 g/mol. The average Bonchev–Trinajstić information content (AvgIpc) is 2.77. The number of amides is 1. The van der Waals surface area contributed by atoms with Gasteiger partial charge in [0.05, 0.1) is 10.6 Å². The second kappa shape index (κ2) is 5.02. The summed E-state index contributed by atoms with van der Waals surface area (Å²) in [5.41, 5.74) is 5.52. The topological polar surface area (TPSA) is 46.3 Å². The van der Waals surface area contributed by atoms with Gasteiger partial charge in [0.15, 0.2) is 0 Å². The van der Waals surface area contributed by atoms with Crippen molar-refractivity contribution in [1.29, 1.82) is 0 Å². The summed E-state index contributed by atoms with van der Waals surface area (Å²) in [7, 11) is 0. The Hall–Kier alpha value is -1.13. The van der Waals surface area contributed by atoms with Gasteiger partial charge in [-0.2, -0.15) is 0 Å². The molecule has 0 bridgehead atoms. The number of hydrogen-bond acceptors (Lipinski definition) is 2. The standard InChI is InChI=1S/C12H14ClFN2O/c13-9-2-1-3-10(14)11(9)12(17)16-5-4-8(6-15)7-16/h1-3,8H,4-7,15H2.